The predicted molar refractivity (Wildman–Crippen MR) is 135 cm³/mol. The Balaban J connectivity index is 2.11. The van der Waals surface area contributed by atoms with Crippen molar-refractivity contribution in [3.8, 4) is 11.5 Å². The minimum absolute atomic E-state index is 0.160. The first-order chi connectivity index (χ1) is 15.3. The summed E-state index contributed by atoms with van der Waals surface area (Å²) < 4.78 is 12.2. The SMILES string of the molecule is CCOc1cc(C=NNC(=O)C(NC(=O)c2ccccc2Cl)C(C)C)cc(I)c1OCC. The number of nitrogens with one attached hydrogen (secondary N) is 2. The molecule has 172 valence electrons. The Morgan fingerprint density at radius 3 is 2.47 bits per heavy atom. The average molecular weight is 572 g/mol. The van der Waals surface area contributed by atoms with Crippen LogP contribution in [0.15, 0.2) is 41.5 Å². The van der Waals surface area contributed by atoms with Crippen LogP contribution in [-0.4, -0.2) is 37.3 Å². The molecule has 32 heavy (non-hydrogen) atoms. The Morgan fingerprint density at radius 1 is 1.16 bits per heavy atom. The van der Waals surface area contributed by atoms with Gasteiger partial charge in [-0.2, -0.15) is 5.10 Å². The zero-order valence-corrected chi connectivity index (χ0v) is 21.4. The number of halogens is 2. The molecule has 0 saturated heterocycles. The minimum atomic E-state index is -0.782. The maximum atomic E-state index is 12.7. The standard InChI is InChI=1S/C23H27ClIN3O4/c1-5-31-19-12-15(11-18(25)21(19)32-6-2)13-26-28-23(30)20(14(3)4)27-22(29)16-9-7-8-10-17(16)24/h7-14,20H,5-6H2,1-4H3,(H,27,29)(H,28,30). The number of benzene rings is 2. The third kappa shape index (κ3) is 7.09. The normalized spacial score (nSPS) is 12.0. The fraction of sp³-hybridized carbons (Fsp3) is 0.348. The van der Waals surface area contributed by atoms with Crippen molar-refractivity contribution in [3.05, 3.63) is 56.1 Å². The van der Waals surface area contributed by atoms with Gasteiger partial charge >= 0.3 is 0 Å². The number of hydrogen-bond acceptors (Lipinski definition) is 5. The summed E-state index contributed by atoms with van der Waals surface area (Å²) in [4.78, 5) is 25.2. The van der Waals surface area contributed by atoms with Crippen molar-refractivity contribution in [2.24, 2.45) is 11.0 Å². The molecule has 0 aliphatic heterocycles. The van der Waals surface area contributed by atoms with Gasteiger partial charge in [0.25, 0.3) is 11.8 Å². The number of hydrazone groups is 1. The van der Waals surface area contributed by atoms with Crippen LogP contribution in [0.1, 0.15) is 43.6 Å². The zero-order valence-electron chi connectivity index (χ0n) is 18.4. The number of rotatable bonds is 10. The van der Waals surface area contributed by atoms with E-state index in [0.29, 0.717) is 35.3 Å². The number of nitrogens with zero attached hydrogens (tertiary/aromatic N) is 1. The highest BCUT2D eigenvalue weighted by molar-refractivity contribution is 14.1. The fourth-order valence-electron chi connectivity index (χ4n) is 2.85. The van der Waals surface area contributed by atoms with Gasteiger partial charge in [0.15, 0.2) is 11.5 Å². The Morgan fingerprint density at radius 2 is 1.84 bits per heavy atom. The van der Waals surface area contributed by atoms with E-state index in [1.807, 2.05) is 33.8 Å². The van der Waals surface area contributed by atoms with Crippen LogP contribution < -0.4 is 20.2 Å². The van der Waals surface area contributed by atoms with Crippen molar-refractivity contribution >= 4 is 52.2 Å². The Kier molecular flexibility index (Phi) is 10.2. The summed E-state index contributed by atoms with van der Waals surface area (Å²) >= 11 is 8.26. The van der Waals surface area contributed by atoms with Crippen LogP contribution in [0.4, 0.5) is 0 Å². The molecule has 2 rings (SSSR count). The molecule has 2 amide bonds. The first-order valence-corrected chi connectivity index (χ1v) is 11.7. The largest absolute Gasteiger partial charge is 0.490 e. The van der Waals surface area contributed by atoms with Gasteiger partial charge in [0, 0.05) is 0 Å². The van der Waals surface area contributed by atoms with E-state index in [2.05, 4.69) is 38.4 Å². The Hall–Kier alpha value is -2.33. The van der Waals surface area contributed by atoms with Crippen LogP contribution in [0.5, 0.6) is 11.5 Å². The minimum Gasteiger partial charge on any atom is -0.490 e. The Bertz CT molecular complexity index is 982. The van der Waals surface area contributed by atoms with Crippen LogP contribution >= 0.6 is 34.2 Å². The highest BCUT2D eigenvalue weighted by Crippen LogP contribution is 2.33. The van der Waals surface area contributed by atoms with Gasteiger partial charge in [-0.1, -0.05) is 37.6 Å². The van der Waals surface area contributed by atoms with Crippen molar-refractivity contribution < 1.29 is 19.1 Å². The third-order valence-corrected chi connectivity index (χ3v) is 5.49. The fourth-order valence-corrected chi connectivity index (χ4v) is 3.85. The highest BCUT2D eigenvalue weighted by atomic mass is 127. The molecule has 0 fully saturated rings. The first kappa shape index (κ1) is 25.9. The first-order valence-electron chi connectivity index (χ1n) is 10.3. The summed E-state index contributed by atoms with van der Waals surface area (Å²) in [6.07, 6.45) is 1.52. The molecule has 0 spiro atoms. The predicted octanol–water partition coefficient (Wildman–Crippen LogP) is 4.65. The van der Waals surface area contributed by atoms with Crippen LogP contribution in [0.25, 0.3) is 0 Å². The van der Waals surface area contributed by atoms with Crippen molar-refractivity contribution in [2.75, 3.05) is 13.2 Å². The lowest BCUT2D eigenvalue weighted by Crippen LogP contribution is -2.48. The molecule has 0 heterocycles. The van der Waals surface area contributed by atoms with Crippen molar-refractivity contribution in [1.29, 1.82) is 0 Å². The van der Waals surface area contributed by atoms with Crippen LogP contribution in [0.2, 0.25) is 5.02 Å². The van der Waals surface area contributed by atoms with Gasteiger partial charge in [-0.05, 0) is 72.2 Å². The monoisotopic (exact) mass is 571 g/mol. The molecule has 0 aromatic heterocycles. The molecule has 0 saturated carbocycles. The summed E-state index contributed by atoms with van der Waals surface area (Å²) in [6.45, 7) is 8.50. The molecule has 7 nitrogen and oxygen atoms in total. The smallest absolute Gasteiger partial charge is 0.262 e. The van der Waals surface area contributed by atoms with E-state index < -0.39 is 17.9 Å². The Labute approximate surface area is 207 Å². The maximum Gasteiger partial charge on any atom is 0.262 e. The molecule has 1 atom stereocenters. The molecule has 1 unspecified atom stereocenters. The zero-order chi connectivity index (χ0) is 23.7. The molecule has 0 bridgehead atoms. The molecule has 2 aromatic rings. The molecule has 0 radical (unpaired) electrons. The number of carbonyl (C=O) groups excluding carboxylic acids is 2. The van der Waals surface area contributed by atoms with E-state index in [9.17, 15) is 9.59 Å². The molecular formula is C23H27ClIN3O4. The van der Waals surface area contributed by atoms with Gasteiger partial charge in [0.1, 0.15) is 6.04 Å². The van der Waals surface area contributed by atoms with E-state index in [1.165, 1.54) is 6.21 Å². The van der Waals surface area contributed by atoms with Crippen LogP contribution in [-0.2, 0) is 4.79 Å². The average Bonchev–Trinajstić information content (AvgIpc) is 2.74. The number of amides is 2. The summed E-state index contributed by atoms with van der Waals surface area (Å²) in [5, 5.41) is 7.11. The van der Waals surface area contributed by atoms with Crippen LogP contribution in [0.3, 0.4) is 0 Å². The van der Waals surface area contributed by atoms with Crippen LogP contribution in [0, 0.1) is 9.49 Å². The van der Waals surface area contributed by atoms with E-state index in [4.69, 9.17) is 21.1 Å². The lowest BCUT2D eigenvalue weighted by molar-refractivity contribution is -0.123. The lowest BCUT2D eigenvalue weighted by Gasteiger charge is -2.20. The van der Waals surface area contributed by atoms with Gasteiger partial charge in [0.05, 0.1) is 33.6 Å². The summed E-state index contributed by atoms with van der Waals surface area (Å²) in [7, 11) is 0. The molecule has 0 aliphatic rings. The van der Waals surface area contributed by atoms with Gasteiger partial charge in [-0.15, -0.1) is 0 Å². The summed E-state index contributed by atoms with van der Waals surface area (Å²) in [5.41, 5.74) is 3.55. The highest BCUT2D eigenvalue weighted by Gasteiger charge is 2.25. The van der Waals surface area contributed by atoms with Crippen molar-refractivity contribution in [1.82, 2.24) is 10.7 Å². The van der Waals surface area contributed by atoms with E-state index in [1.54, 1.807) is 30.3 Å². The van der Waals surface area contributed by atoms with Gasteiger partial charge in [-0.25, -0.2) is 5.43 Å². The van der Waals surface area contributed by atoms with E-state index in [0.717, 1.165) is 9.13 Å². The van der Waals surface area contributed by atoms with E-state index in [-0.39, 0.29) is 5.92 Å². The second-order valence-corrected chi connectivity index (χ2v) is 8.67. The number of hydrogen-bond donors (Lipinski definition) is 2. The van der Waals surface area contributed by atoms with Gasteiger partial charge in [-0.3, -0.25) is 9.59 Å². The second-order valence-electron chi connectivity index (χ2n) is 7.11. The quantitative estimate of drug-likeness (QED) is 0.247. The summed E-state index contributed by atoms with van der Waals surface area (Å²) in [6, 6.07) is 9.57. The topological polar surface area (TPSA) is 89.0 Å². The summed E-state index contributed by atoms with van der Waals surface area (Å²) in [5.74, 6) is 0.283. The third-order valence-electron chi connectivity index (χ3n) is 4.36. The number of carbonyl (C=O) groups is 2. The van der Waals surface area contributed by atoms with Crippen molar-refractivity contribution in [2.45, 2.75) is 33.7 Å². The second kappa shape index (κ2) is 12.6. The molecular weight excluding hydrogens is 545 g/mol. The molecule has 9 heteroatoms. The van der Waals surface area contributed by atoms with Crippen molar-refractivity contribution in [3.63, 3.8) is 0 Å². The maximum absolute atomic E-state index is 12.7. The lowest BCUT2D eigenvalue weighted by atomic mass is 10.0. The van der Waals surface area contributed by atoms with Gasteiger partial charge in [0.2, 0.25) is 0 Å². The number of ether oxygens (including phenoxy) is 2. The molecule has 2 aromatic carbocycles. The molecule has 2 N–H and O–H groups in total. The van der Waals surface area contributed by atoms with Gasteiger partial charge < -0.3 is 14.8 Å². The van der Waals surface area contributed by atoms with E-state index >= 15 is 0 Å². The molecule has 0 aliphatic carbocycles.